The molecule has 6 heteroatoms. The second-order valence-electron chi connectivity index (χ2n) is 8.68. The van der Waals surface area contributed by atoms with Crippen LogP contribution in [-0.2, 0) is 25.8 Å². The molecule has 0 aliphatic heterocycles. The number of fused-ring (bicyclic) bond motifs is 2. The van der Waals surface area contributed by atoms with Gasteiger partial charge in [-0.05, 0) is 95.3 Å². The van der Waals surface area contributed by atoms with Crippen LogP contribution in [0.1, 0.15) is 41.2 Å². The molecule has 5 rings (SSSR count). The number of allylic oxidation sites excluding steroid dienone is 1. The van der Waals surface area contributed by atoms with Gasteiger partial charge in [-0.2, -0.15) is 3.89 Å². The molecule has 3 nitrogen and oxygen atoms in total. The third-order valence-corrected chi connectivity index (χ3v) is 7.56. The zero-order valence-corrected chi connectivity index (χ0v) is 20.1. The molecule has 1 aliphatic carbocycles. The highest BCUT2D eigenvalue weighted by molar-refractivity contribution is 7.94. The summed E-state index contributed by atoms with van der Waals surface area (Å²) in [6.07, 6.45) is 3.65. The Morgan fingerprint density at radius 1 is 1.15 bits per heavy atom. The summed E-state index contributed by atoms with van der Waals surface area (Å²) in [6.45, 7) is 7.12. The lowest BCUT2D eigenvalue weighted by atomic mass is 9.77. The Kier molecular flexibility index (Phi) is 6.26. The van der Waals surface area contributed by atoms with Crippen molar-refractivity contribution in [2.24, 2.45) is 5.92 Å². The average molecular weight is 478 g/mol. The first kappa shape index (κ1) is 22.2. The molecule has 1 unspecified atom stereocenters. The summed E-state index contributed by atoms with van der Waals surface area (Å²) < 4.78 is 15.8. The lowest BCUT2D eigenvalue weighted by Gasteiger charge is -2.29. The van der Waals surface area contributed by atoms with Crippen LogP contribution in [-0.4, -0.2) is 15.0 Å². The number of hydrogen-bond donors (Lipinski definition) is 0. The third kappa shape index (κ3) is 4.32. The van der Waals surface area contributed by atoms with Crippen LogP contribution in [0.5, 0.6) is 0 Å². The summed E-state index contributed by atoms with van der Waals surface area (Å²) in [5, 5.41) is 9.37. The first-order valence-corrected chi connectivity index (χ1v) is 12.4. The highest BCUT2D eigenvalue weighted by Gasteiger charge is 2.26. The summed E-state index contributed by atoms with van der Waals surface area (Å²) in [5.41, 5.74) is 8.52. The summed E-state index contributed by atoms with van der Waals surface area (Å²) in [6, 6.07) is 18.3. The van der Waals surface area contributed by atoms with Crippen LogP contribution in [0.3, 0.4) is 0 Å². The van der Waals surface area contributed by atoms with E-state index in [9.17, 15) is 3.89 Å². The van der Waals surface area contributed by atoms with Gasteiger partial charge in [-0.15, -0.1) is 5.10 Å². The zero-order valence-electron chi connectivity index (χ0n) is 18.5. The molecule has 0 fully saturated rings. The first-order chi connectivity index (χ1) is 16.1. The Labute approximate surface area is 202 Å². The van der Waals surface area contributed by atoms with Crippen LogP contribution in [0.25, 0.3) is 16.6 Å². The lowest BCUT2D eigenvalue weighted by molar-refractivity contribution is 0.581. The SMILES string of the molecule is C=C1c2cc(Cn3nnc4ccccc43)cc(SF)c2CCC1Cc1ccc(Cl)c(CC)c1. The molecule has 0 N–H and O–H groups in total. The van der Waals surface area contributed by atoms with Crippen LogP contribution < -0.4 is 0 Å². The highest BCUT2D eigenvalue weighted by atomic mass is 35.5. The number of aromatic nitrogens is 3. The quantitative estimate of drug-likeness (QED) is 0.288. The van der Waals surface area contributed by atoms with Crippen molar-refractivity contribution >= 4 is 40.4 Å². The van der Waals surface area contributed by atoms with Gasteiger partial charge in [-0.25, -0.2) is 4.68 Å². The molecule has 0 amide bonds. The van der Waals surface area contributed by atoms with Crippen molar-refractivity contribution in [3.63, 3.8) is 0 Å². The van der Waals surface area contributed by atoms with Crippen molar-refractivity contribution in [2.75, 3.05) is 0 Å². The van der Waals surface area contributed by atoms with Crippen molar-refractivity contribution in [2.45, 2.75) is 44.0 Å². The monoisotopic (exact) mass is 477 g/mol. The number of para-hydroxylation sites is 1. The van der Waals surface area contributed by atoms with Gasteiger partial charge in [0.1, 0.15) is 5.52 Å². The van der Waals surface area contributed by atoms with Gasteiger partial charge in [0, 0.05) is 9.92 Å². The van der Waals surface area contributed by atoms with Gasteiger partial charge in [-0.1, -0.05) is 54.6 Å². The van der Waals surface area contributed by atoms with Crippen molar-refractivity contribution in [3.8, 4) is 0 Å². The minimum atomic E-state index is 0.322. The molecule has 33 heavy (non-hydrogen) atoms. The van der Waals surface area contributed by atoms with Gasteiger partial charge in [0.25, 0.3) is 0 Å². The summed E-state index contributed by atoms with van der Waals surface area (Å²) in [5.74, 6) is 0.322. The molecule has 0 saturated carbocycles. The molecule has 1 aromatic heterocycles. The van der Waals surface area contributed by atoms with E-state index in [2.05, 4.69) is 42.0 Å². The van der Waals surface area contributed by atoms with E-state index in [1.165, 1.54) is 11.1 Å². The zero-order chi connectivity index (χ0) is 22.9. The minimum Gasteiger partial charge on any atom is -0.240 e. The van der Waals surface area contributed by atoms with Crippen molar-refractivity contribution in [1.82, 2.24) is 15.0 Å². The Hall–Kier alpha value is -2.63. The van der Waals surface area contributed by atoms with Crippen LogP contribution in [0.2, 0.25) is 5.02 Å². The molecular formula is C27H25ClFN3S. The van der Waals surface area contributed by atoms with E-state index in [-0.39, 0.29) is 0 Å². The Morgan fingerprint density at radius 3 is 2.82 bits per heavy atom. The van der Waals surface area contributed by atoms with E-state index < -0.39 is 0 Å². The Morgan fingerprint density at radius 2 is 2.00 bits per heavy atom. The van der Waals surface area contributed by atoms with Gasteiger partial charge in [0.15, 0.2) is 0 Å². The van der Waals surface area contributed by atoms with Crippen LogP contribution in [0.4, 0.5) is 3.89 Å². The van der Waals surface area contributed by atoms with E-state index in [1.807, 2.05) is 41.1 Å². The number of benzene rings is 3. The minimum absolute atomic E-state index is 0.322. The second-order valence-corrected chi connectivity index (χ2v) is 9.68. The molecule has 1 heterocycles. The van der Waals surface area contributed by atoms with E-state index in [0.29, 0.717) is 29.5 Å². The standard InChI is InChI=1S/C27H25ClFN3S/c1-3-20-12-18(8-11-24(20)28)13-21-9-10-22-23(17(21)2)14-19(15-27(22)33-29)16-32-26-7-5-4-6-25(26)30-31-32/h4-8,11-12,14-15,21H,2-3,9-10,13,16H2,1H3. The molecule has 0 saturated heterocycles. The van der Waals surface area contributed by atoms with Crippen molar-refractivity contribution in [3.05, 3.63) is 94.0 Å². The number of nitrogens with zero attached hydrogens (tertiary/aromatic N) is 3. The predicted octanol–water partition coefficient (Wildman–Crippen LogP) is 7.49. The molecule has 0 radical (unpaired) electrons. The molecule has 3 aromatic carbocycles. The van der Waals surface area contributed by atoms with Gasteiger partial charge < -0.3 is 0 Å². The highest BCUT2D eigenvalue weighted by Crippen LogP contribution is 2.41. The maximum absolute atomic E-state index is 14.0. The number of aryl methyl sites for hydroxylation is 1. The van der Waals surface area contributed by atoms with E-state index in [1.54, 1.807) is 0 Å². The second kappa shape index (κ2) is 9.32. The van der Waals surface area contributed by atoms with Crippen molar-refractivity contribution < 1.29 is 3.89 Å². The maximum atomic E-state index is 14.0. The fourth-order valence-corrected chi connectivity index (χ4v) is 5.61. The van der Waals surface area contributed by atoms with E-state index in [0.717, 1.165) is 64.0 Å². The topological polar surface area (TPSA) is 30.7 Å². The van der Waals surface area contributed by atoms with Gasteiger partial charge in [0.05, 0.1) is 24.2 Å². The normalized spacial score (nSPS) is 15.7. The average Bonchev–Trinajstić information content (AvgIpc) is 3.24. The molecule has 0 bridgehead atoms. The number of halogens is 2. The lowest BCUT2D eigenvalue weighted by Crippen LogP contribution is -2.17. The molecule has 4 aromatic rings. The number of hydrogen-bond acceptors (Lipinski definition) is 3. The van der Waals surface area contributed by atoms with Crippen molar-refractivity contribution in [1.29, 1.82) is 0 Å². The van der Waals surface area contributed by atoms with Crippen LogP contribution in [0, 0.1) is 5.92 Å². The smallest absolute Gasteiger partial charge is 0.113 e. The van der Waals surface area contributed by atoms with E-state index in [4.69, 9.17) is 11.6 Å². The molecule has 0 spiro atoms. The summed E-state index contributed by atoms with van der Waals surface area (Å²) >= 11 is 6.64. The van der Waals surface area contributed by atoms with Gasteiger partial charge >= 0.3 is 0 Å². The molecule has 168 valence electrons. The van der Waals surface area contributed by atoms with Crippen LogP contribution >= 0.6 is 23.7 Å². The summed E-state index contributed by atoms with van der Waals surface area (Å²) in [4.78, 5) is 0.686. The molecular weight excluding hydrogens is 453 g/mol. The first-order valence-electron chi connectivity index (χ1n) is 11.3. The third-order valence-electron chi connectivity index (χ3n) is 6.66. The Balaban J connectivity index is 1.45. The van der Waals surface area contributed by atoms with Gasteiger partial charge in [0.2, 0.25) is 0 Å². The molecule has 1 aliphatic rings. The number of rotatable bonds is 6. The fourth-order valence-electron chi connectivity index (χ4n) is 4.86. The fraction of sp³-hybridized carbons (Fsp3) is 0.259. The van der Waals surface area contributed by atoms with Crippen LogP contribution in [0.15, 0.2) is 66.1 Å². The summed E-state index contributed by atoms with van der Waals surface area (Å²) in [7, 11) is 0. The predicted molar refractivity (Wildman–Crippen MR) is 135 cm³/mol. The largest absolute Gasteiger partial charge is 0.240 e. The Bertz CT molecular complexity index is 1350. The maximum Gasteiger partial charge on any atom is 0.113 e. The van der Waals surface area contributed by atoms with E-state index >= 15 is 0 Å². The molecule has 1 atom stereocenters. The van der Waals surface area contributed by atoms with Gasteiger partial charge in [-0.3, -0.25) is 0 Å².